The summed E-state index contributed by atoms with van der Waals surface area (Å²) in [7, 11) is 0. The number of hydrogen-bond donors (Lipinski definition) is 3. The van der Waals surface area contributed by atoms with Crippen LogP contribution in [-0.4, -0.2) is 21.3 Å². The average Bonchev–Trinajstić information content (AvgIpc) is 2.95. The van der Waals surface area contributed by atoms with Crippen LogP contribution in [0, 0.1) is 5.82 Å². The Morgan fingerprint density at radius 1 is 1.27 bits per heavy atom. The first kappa shape index (κ1) is 9.76. The zero-order valence-corrected chi connectivity index (χ0v) is 7.70. The summed E-state index contributed by atoms with van der Waals surface area (Å²) in [5.74, 6) is -3.59. The fourth-order valence-electron chi connectivity index (χ4n) is 1.66. The third-order valence-corrected chi connectivity index (χ3v) is 2.78. The van der Waals surface area contributed by atoms with Crippen molar-refractivity contribution in [1.29, 1.82) is 0 Å². The largest absolute Gasteiger partial charge is 0.504 e. The molecule has 1 aliphatic carbocycles. The Hall–Kier alpha value is -1.78. The van der Waals surface area contributed by atoms with Crippen LogP contribution in [0.25, 0.3) is 0 Å². The van der Waals surface area contributed by atoms with Gasteiger partial charge in [-0.25, -0.2) is 4.39 Å². The molecule has 5 heteroatoms. The predicted octanol–water partition coefficient (Wildman–Crippen LogP) is 1.35. The van der Waals surface area contributed by atoms with Gasteiger partial charge in [0.2, 0.25) is 0 Å². The Kier molecular flexibility index (Phi) is 1.86. The molecule has 0 saturated heterocycles. The molecule has 0 amide bonds. The van der Waals surface area contributed by atoms with Crippen molar-refractivity contribution in [2.75, 3.05) is 0 Å². The lowest BCUT2D eigenvalue weighted by Crippen LogP contribution is -2.19. The maximum absolute atomic E-state index is 12.8. The van der Waals surface area contributed by atoms with Gasteiger partial charge < -0.3 is 15.3 Å². The second-order valence-electron chi connectivity index (χ2n) is 3.68. The first-order chi connectivity index (χ1) is 6.99. The highest BCUT2D eigenvalue weighted by molar-refractivity contribution is 5.86. The van der Waals surface area contributed by atoms with E-state index in [0.29, 0.717) is 12.8 Å². The van der Waals surface area contributed by atoms with Crippen LogP contribution in [0.2, 0.25) is 0 Å². The number of carboxylic acids is 1. The molecule has 1 aliphatic rings. The second-order valence-corrected chi connectivity index (χ2v) is 3.68. The van der Waals surface area contributed by atoms with E-state index in [1.54, 1.807) is 0 Å². The third kappa shape index (κ3) is 1.23. The number of carbonyl (C=O) groups is 1. The molecule has 0 aromatic heterocycles. The number of phenols is 2. The van der Waals surface area contributed by atoms with Crippen molar-refractivity contribution in [1.82, 2.24) is 0 Å². The zero-order chi connectivity index (χ0) is 11.2. The maximum atomic E-state index is 12.8. The van der Waals surface area contributed by atoms with Gasteiger partial charge in [0.1, 0.15) is 0 Å². The van der Waals surface area contributed by atoms with Crippen molar-refractivity contribution in [3.63, 3.8) is 0 Å². The molecule has 0 spiro atoms. The lowest BCUT2D eigenvalue weighted by Gasteiger charge is -2.12. The summed E-state index contributed by atoms with van der Waals surface area (Å²) in [6.45, 7) is 0. The Morgan fingerprint density at radius 2 is 1.87 bits per heavy atom. The highest BCUT2D eigenvalue weighted by atomic mass is 19.1. The fourth-order valence-corrected chi connectivity index (χ4v) is 1.66. The molecule has 0 radical (unpaired) electrons. The number of phenolic OH excluding ortho intramolecular Hbond substituents is 2. The van der Waals surface area contributed by atoms with Crippen molar-refractivity contribution >= 4 is 5.97 Å². The summed E-state index contributed by atoms with van der Waals surface area (Å²) < 4.78 is 12.8. The first-order valence-corrected chi connectivity index (χ1v) is 4.43. The van der Waals surface area contributed by atoms with E-state index >= 15 is 0 Å². The van der Waals surface area contributed by atoms with Crippen LogP contribution in [-0.2, 0) is 10.2 Å². The molecule has 0 atom stereocenters. The number of hydrogen-bond acceptors (Lipinski definition) is 3. The van der Waals surface area contributed by atoms with Crippen LogP contribution < -0.4 is 0 Å². The molecule has 80 valence electrons. The molecule has 3 N–H and O–H groups in total. The van der Waals surface area contributed by atoms with Gasteiger partial charge in [0, 0.05) is 5.56 Å². The molecule has 4 nitrogen and oxygen atoms in total. The molecule has 1 aromatic rings. The summed E-state index contributed by atoms with van der Waals surface area (Å²) in [6, 6.07) is 2.15. The second kappa shape index (κ2) is 2.85. The zero-order valence-electron chi connectivity index (χ0n) is 7.70. The number of rotatable bonds is 2. The van der Waals surface area contributed by atoms with E-state index in [4.69, 9.17) is 10.2 Å². The molecule has 1 saturated carbocycles. The van der Waals surface area contributed by atoms with E-state index in [9.17, 15) is 14.3 Å². The van der Waals surface area contributed by atoms with E-state index in [1.165, 1.54) is 6.07 Å². The van der Waals surface area contributed by atoms with E-state index in [2.05, 4.69) is 0 Å². The Morgan fingerprint density at radius 3 is 2.33 bits per heavy atom. The van der Waals surface area contributed by atoms with Gasteiger partial charge in [-0.15, -0.1) is 0 Å². The molecule has 0 aliphatic heterocycles. The normalized spacial score (nSPS) is 17.4. The lowest BCUT2D eigenvalue weighted by atomic mass is 9.95. The molecular formula is C10H9FO4. The van der Waals surface area contributed by atoms with Gasteiger partial charge in [0.15, 0.2) is 17.3 Å². The van der Waals surface area contributed by atoms with Crippen LogP contribution in [0.5, 0.6) is 11.5 Å². The highest BCUT2D eigenvalue weighted by Gasteiger charge is 2.53. The van der Waals surface area contributed by atoms with Crippen molar-refractivity contribution in [3.8, 4) is 11.5 Å². The predicted molar refractivity (Wildman–Crippen MR) is 48.3 cm³/mol. The standard InChI is InChI=1S/C10H9FO4/c11-6-2-1-5(7(12)8(6)13)10(3-4-10)9(14)15/h1-2,12-13H,3-4H2,(H,14,15). The van der Waals surface area contributed by atoms with Crippen molar-refractivity contribution < 1.29 is 24.5 Å². The summed E-state index contributed by atoms with van der Waals surface area (Å²) in [6.07, 6.45) is 0.780. The first-order valence-electron chi connectivity index (χ1n) is 4.43. The Bertz CT molecular complexity index is 437. The lowest BCUT2D eigenvalue weighted by molar-refractivity contribution is -0.140. The number of aliphatic carboxylic acids is 1. The molecule has 2 rings (SSSR count). The number of benzene rings is 1. The van der Waals surface area contributed by atoms with Crippen molar-refractivity contribution in [3.05, 3.63) is 23.5 Å². The number of carboxylic acid groups (broad SMARTS) is 1. The SMILES string of the molecule is O=C(O)C1(c2ccc(F)c(O)c2O)CC1. The smallest absolute Gasteiger partial charge is 0.314 e. The number of halogens is 1. The Labute approximate surface area is 84.6 Å². The quantitative estimate of drug-likeness (QED) is 0.646. The fraction of sp³-hybridized carbons (Fsp3) is 0.300. The van der Waals surface area contributed by atoms with Crippen LogP contribution in [0.3, 0.4) is 0 Å². The van der Waals surface area contributed by atoms with E-state index < -0.39 is 28.7 Å². The van der Waals surface area contributed by atoms with E-state index in [0.717, 1.165) is 6.07 Å². The molecule has 0 unspecified atom stereocenters. The van der Waals surface area contributed by atoms with E-state index in [-0.39, 0.29) is 5.56 Å². The van der Waals surface area contributed by atoms with Crippen LogP contribution in [0.15, 0.2) is 12.1 Å². The van der Waals surface area contributed by atoms with Crippen molar-refractivity contribution in [2.45, 2.75) is 18.3 Å². The number of aromatic hydroxyl groups is 2. The molecule has 15 heavy (non-hydrogen) atoms. The van der Waals surface area contributed by atoms with Crippen LogP contribution in [0.1, 0.15) is 18.4 Å². The van der Waals surface area contributed by atoms with Gasteiger partial charge in [0.05, 0.1) is 5.41 Å². The van der Waals surface area contributed by atoms with Gasteiger partial charge >= 0.3 is 5.97 Å². The van der Waals surface area contributed by atoms with E-state index in [1.807, 2.05) is 0 Å². The minimum atomic E-state index is -1.14. The highest BCUT2D eigenvalue weighted by Crippen LogP contribution is 2.53. The molecule has 1 fully saturated rings. The monoisotopic (exact) mass is 212 g/mol. The molecular weight excluding hydrogens is 203 g/mol. The molecule has 0 heterocycles. The average molecular weight is 212 g/mol. The van der Waals surface area contributed by atoms with Gasteiger partial charge in [-0.05, 0) is 18.9 Å². The van der Waals surface area contributed by atoms with Crippen LogP contribution >= 0.6 is 0 Å². The van der Waals surface area contributed by atoms with Gasteiger partial charge in [-0.2, -0.15) is 0 Å². The topological polar surface area (TPSA) is 77.8 Å². The minimum Gasteiger partial charge on any atom is -0.504 e. The molecule has 0 bridgehead atoms. The third-order valence-electron chi connectivity index (χ3n) is 2.78. The molecule has 1 aromatic carbocycles. The van der Waals surface area contributed by atoms with Gasteiger partial charge in [0.25, 0.3) is 0 Å². The summed E-state index contributed by atoms with van der Waals surface area (Å²) in [5, 5.41) is 27.5. The summed E-state index contributed by atoms with van der Waals surface area (Å²) in [5.41, 5.74) is -1.07. The summed E-state index contributed by atoms with van der Waals surface area (Å²) in [4.78, 5) is 10.9. The maximum Gasteiger partial charge on any atom is 0.314 e. The Balaban J connectivity index is 2.55. The minimum absolute atomic E-state index is 0.0777. The summed E-state index contributed by atoms with van der Waals surface area (Å²) >= 11 is 0. The van der Waals surface area contributed by atoms with Crippen molar-refractivity contribution in [2.24, 2.45) is 0 Å². The van der Waals surface area contributed by atoms with Gasteiger partial charge in [-0.1, -0.05) is 6.07 Å². The van der Waals surface area contributed by atoms with Crippen LogP contribution in [0.4, 0.5) is 4.39 Å². The van der Waals surface area contributed by atoms with Gasteiger partial charge in [-0.3, -0.25) is 4.79 Å².